The van der Waals surface area contributed by atoms with Crippen molar-refractivity contribution in [3.05, 3.63) is 110 Å². The zero-order valence-corrected chi connectivity index (χ0v) is 21.0. The molecule has 3 aromatic carbocycles. The van der Waals surface area contributed by atoms with Crippen LogP contribution in [0.2, 0.25) is 0 Å². The largest absolute Gasteiger partial charge is 0.497 e. The highest BCUT2D eigenvalue weighted by Gasteiger charge is 2.47. The van der Waals surface area contributed by atoms with Crippen LogP contribution in [0.15, 0.2) is 93.6 Å². The van der Waals surface area contributed by atoms with E-state index in [-0.39, 0.29) is 28.7 Å². The van der Waals surface area contributed by atoms with Gasteiger partial charge >= 0.3 is 0 Å². The summed E-state index contributed by atoms with van der Waals surface area (Å²) in [6.45, 7) is 0.0666. The number of hydrogen-bond acceptors (Lipinski definition) is 6. The lowest BCUT2D eigenvalue weighted by Gasteiger charge is -2.38. The fourth-order valence-electron chi connectivity index (χ4n) is 4.44. The molecule has 1 atom stereocenters. The molecule has 5 rings (SSSR count). The number of anilines is 1. The first-order chi connectivity index (χ1) is 16.9. The van der Waals surface area contributed by atoms with E-state index in [9.17, 15) is 13.7 Å². The van der Waals surface area contributed by atoms with Gasteiger partial charge in [0, 0.05) is 10.0 Å². The molecule has 0 fully saturated rings. The van der Waals surface area contributed by atoms with Gasteiger partial charge in [0.1, 0.15) is 22.3 Å². The van der Waals surface area contributed by atoms with E-state index in [0.717, 1.165) is 5.56 Å². The van der Waals surface area contributed by atoms with Crippen molar-refractivity contribution in [2.45, 2.75) is 12.5 Å². The summed E-state index contributed by atoms with van der Waals surface area (Å²) < 4.78 is 41.8. The number of nitrogens with two attached hydrogens (primary N) is 1. The molecule has 0 aliphatic carbocycles. The van der Waals surface area contributed by atoms with Crippen molar-refractivity contribution in [1.82, 2.24) is 0 Å². The average Bonchev–Trinajstić information content (AvgIpc) is 2.86. The number of nitriles is 1. The molecule has 0 saturated carbocycles. The fourth-order valence-corrected chi connectivity index (χ4v) is 6.85. The van der Waals surface area contributed by atoms with Crippen LogP contribution >= 0.6 is 15.9 Å². The van der Waals surface area contributed by atoms with Crippen LogP contribution in [0.25, 0.3) is 5.76 Å². The lowest BCUT2D eigenvalue weighted by Crippen LogP contribution is -2.39. The molecular weight excluding hydrogens is 530 g/mol. The zero-order chi connectivity index (χ0) is 24.7. The third kappa shape index (κ3) is 3.75. The maximum absolute atomic E-state index is 14.3. The van der Waals surface area contributed by atoms with Crippen molar-refractivity contribution in [3.63, 3.8) is 0 Å². The molecule has 9 heteroatoms. The number of nitrogens with zero attached hydrogens (tertiary/aromatic N) is 2. The summed E-state index contributed by atoms with van der Waals surface area (Å²) in [5, 5.41) is 9.97. The molecule has 0 radical (unpaired) electrons. The van der Waals surface area contributed by atoms with Crippen molar-refractivity contribution in [2.75, 3.05) is 11.4 Å². The van der Waals surface area contributed by atoms with E-state index in [2.05, 4.69) is 22.0 Å². The van der Waals surface area contributed by atoms with Gasteiger partial charge in [-0.15, -0.1) is 0 Å². The molecule has 0 spiro atoms. The van der Waals surface area contributed by atoms with Gasteiger partial charge in [0.2, 0.25) is 5.88 Å². The third-order valence-electron chi connectivity index (χ3n) is 6.03. The number of benzene rings is 3. The first kappa shape index (κ1) is 23.0. The molecule has 7 nitrogen and oxygen atoms in total. The van der Waals surface area contributed by atoms with Crippen LogP contribution in [-0.4, -0.2) is 15.5 Å². The van der Waals surface area contributed by atoms with Gasteiger partial charge in [-0.3, -0.25) is 4.31 Å². The Morgan fingerprint density at radius 1 is 1.11 bits per heavy atom. The van der Waals surface area contributed by atoms with Gasteiger partial charge < -0.3 is 15.2 Å². The van der Waals surface area contributed by atoms with Gasteiger partial charge in [0.05, 0.1) is 25.3 Å². The highest BCUT2D eigenvalue weighted by Crippen LogP contribution is 2.52. The van der Waals surface area contributed by atoms with Gasteiger partial charge in [-0.2, -0.15) is 5.26 Å². The van der Waals surface area contributed by atoms with Crippen LogP contribution in [-0.2, 0) is 21.3 Å². The Morgan fingerprint density at radius 2 is 1.86 bits per heavy atom. The Morgan fingerprint density at radius 3 is 2.60 bits per heavy atom. The zero-order valence-electron chi connectivity index (χ0n) is 18.6. The number of sulfonamides is 1. The molecule has 2 heterocycles. The van der Waals surface area contributed by atoms with Crippen LogP contribution in [0.5, 0.6) is 5.75 Å². The predicted octanol–water partition coefficient (Wildman–Crippen LogP) is 4.98. The number of para-hydroxylation sites is 1. The lowest BCUT2D eigenvalue weighted by molar-refractivity contribution is 0.357. The molecule has 3 aromatic rings. The number of allylic oxidation sites excluding steroid dienone is 2. The van der Waals surface area contributed by atoms with E-state index in [1.54, 1.807) is 55.6 Å². The Hall–Kier alpha value is -3.74. The number of ether oxygens (including phenoxy) is 2. The Kier molecular flexibility index (Phi) is 5.79. The molecule has 2 aliphatic rings. The Bertz CT molecular complexity index is 1560. The van der Waals surface area contributed by atoms with E-state index >= 15 is 0 Å². The van der Waals surface area contributed by atoms with E-state index in [1.807, 2.05) is 24.3 Å². The lowest BCUT2D eigenvalue weighted by atomic mass is 9.88. The van der Waals surface area contributed by atoms with Crippen molar-refractivity contribution in [2.24, 2.45) is 5.73 Å². The molecule has 0 aromatic heterocycles. The van der Waals surface area contributed by atoms with E-state index in [1.165, 1.54) is 4.31 Å². The highest BCUT2D eigenvalue weighted by atomic mass is 79.9. The summed E-state index contributed by atoms with van der Waals surface area (Å²) in [6, 6.07) is 23.6. The van der Waals surface area contributed by atoms with Crippen molar-refractivity contribution < 1.29 is 17.9 Å². The molecule has 176 valence electrons. The number of hydrogen-bond donors (Lipinski definition) is 1. The summed E-state index contributed by atoms with van der Waals surface area (Å²) in [7, 11) is -2.59. The van der Waals surface area contributed by atoms with E-state index < -0.39 is 15.9 Å². The summed E-state index contributed by atoms with van der Waals surface area (Å²) in [4.78, 5) is -0.0169. The third-order valence-corrected chi connectivity index (χ3v) is 8.64. The monoisotopic (exact) mass is 549 g/mol. The molecule has 0 bridgehead atoms. The minimum atomic E-state index is -4.15. The van der Waals surface area contributed by atoms with Crippen molar-refractivity contribution in [3.8, 4) is 11.8 Å². The molecule has 0 saturated heterocycles. The fraction of sp³-hybridized carbons (Fsp3) is 0.115. The number of rotatable bonds is 4. The molecule has 2 N–H and O–H groups in total. The first-order valence-electron chi connectivity index (χ1n) is 10.7. The minimum Gasteiger partial charge on any atom is -0.497 e. The first-order valence-corrected chi connectivity index (χ1v) is 12.9. The summed E-state index contributed by atoms with van der Waals surface area (Å²) >= 11 is 3.52. The second-order valence-electron chi connectivity index (χ2n) is 8.02. The SMILES string of the molecule is COc1cccc(CN2c3ccccc3C3=C([C@H](c4ccccc4Br)C(C#N)=C(N)O3)S2(=O)=O)c1. The van der Waals surface area contributed by atoms with Crippen LogP contribution in [0.1, 0.15) is 22.6 Å². The van der Waals surface area contributed by atoms with Gasteiger partial charge in [-0.05, 0) is 41.5 Å². The predicted molar refractivity (Wildman–Crippen MR) is 136 cm³/mol. The average molecular weight is 550 g/mol. The van der Waals surface area contributed by atoms with Gasteiger partial charge in [-0.25, -0.2) is 8.42 Å². The normalized spacial score (nSPS) is 18.3. The van der Waals surface area contributed by atoms with Crippen LogP contribution in [0.4, 0.5) is 5.69 Å². The van der Waals surface area contributed by atoms with Crippen molar-refractivity contribution >= 4 is 37.4 Å². The second kappa shape index (κ2) is 8.80. The van der Waals surface area contributed by atoms with E-state index in [4.69, 9.17) is 15.2 Å². The molecular formula is C26H20BrN3O4S. The van der Waals surface area contributed by atoms with Crippen LogP contribution < -0.4 is 14.8 Å². The Labute approximate surface area is 211 Å². The molecule has 2 aliphatic heterocycles. The molecule has 0 unspecified atom stereocenters. The highest BCUT2D eigenvalue weighted by molar-refractivity contribution is 9.10. The van der Waals surface area contributed by atoms with Crippen LogP contribution in [0, 0.1) is 11.3 Å². The maximum Gasteiger partial charge on any atom is 0.265 e. The number of fused-ring (bicyclic) bond motifs is 2. The quantitative estimate of drug-likeness (QED) is 0.491. The smallest absolute Gasteiger partial charge is 0.265 e. The minimum absolute atomic E-state index is 0.0169. The Balaban J connectivity index is 1.76. The second-order valence-corrected chi connectivity index (χ2v) is 10.7. The van der Waals surface area contributed by atoms with Crippen molar-refractivity contribution in [1.29, 1.82) is 5.26 Å². The number of methoxy groups -OCH3 is 1. The van der Waals surface area contributed by atoms with Gasteiger partial charge in [0.15, 0.2) is 5.76 Å². The van der Waals surface area contributed by atoms with Gasteiger partial charge in [0.25, 0.3) is 10.0 Å². The topological polar surface area (TPSA) is 106 Å². The van der Waals surface area contributed by atoms with Crippen LogP contribution in [0.3, 0.4) is 0 Å². The summed E-state index contributed by atoms with van der Waals surface area (Å²) in [5.41, 5.74) is 8.61. The number of halogens is 1. The van der Waals surface area contributed by atoms with Gasteiger partial charge in [-0.1, -0.05) is 58.4 Å². The standard InChI is InChI=1S/C26H20BrN3O4S/c1-33-17-8-6-7-16(13-17)15-30-22-12-5-3-10-19(22)24-25(35(30,31)32)23(20(14-28)26(29)34-24)18-9-2-4-11-21(18)27/h2-13,23H,15,29H2,1H3/t23-/m1/s1. The summed E-state index contributed by atoms with van der Waals surface area (Å²) in [6.07, 6.45) is 0. The summed E-state index contributed by atoms with van der Waals surface area (Å²) in [5.74, 6) is -0.289. The molecule has 35 heavy (non-hydrogen) atoms. The molecule has 0 amide bonds. The maximum atomic E-state index is 14.3. The van der Waals surface area contributed by atoms with E-state index in [0.29, 0.717) is 27.0 Å².